The molecule has 0 spiro atoms. The molecule has 116 valence electrons. The van der Waals surface area contributed by atoms with Gasteiger partial charge in [-0.3, -0.25) is 9.00 Å². The Labute approximate surface area is 131 Å². The highest BCUT2D eigenvalue weighted by molar-refractivity contribution is 7.85. The minimum atomic E-state index is -1.04. The molecule has 0 radical (unpaired) electrons. The highest BCUT2D eigenvalue weighted by atomic mass is 35.5. The van der Waals surface area contributed by atoms with Crippen LogP contribution in [0.4, 0.5) is 11.4 Å². The van der Waals surface area contributed by atoms with Gasteiger partial charge in [0.2, 0.25) is 5.91 Å². The van der Waals surface area contributed by atoms with Gasteiger partial charge in [-0.15, -0.1) is 0 Å². The summed E-state index contributed by atoms with van der Waals surface area (Å²) < 4.78 is 17.3. The zero-order valence-electron chi connectivity index (χ0n) is 11.6. The van der Waals surface area contributed by atoms with Crippen molar-refractivity contribution in [3.63, 3.8) is 0 Å². The van der Waals surface area contributed by atoms with Crippen molar-refractivity contribution in [2.24, 2.45) is 0 Å². The molecule has 1 saturated heterocycles. The summed E-state index contributed by atoms with van der Waals surface area (Å²) in [4.78, 5) is 11.8. The molecule has 1 aliphatic rings. The highest BCUT2D eigenvalue weighted by Crippen LogP contribution is 2.23. The van der Waals surface area contributed by atoms with Crippen molar-refractivity contribution in [1.82, 2.24) is 0 Å². The molecule has 0 bridgehead atoms. The number of ether oxygens (including phenoxy) is 1. The molecule has 2 atom stereocenters. The summed E-state index contributed by atoms with van der Waals surface area (Å²) in [6.07, 6.45) is 2.25. The SMILES string of the molecule is Nc1ccc(Cl)cc1NC(=O)CCS(=O)CC1CCCO1. The third-order valence-electron chi connectivity index (χ3n) is 3.24. The topological polar surface area (TPSA) is 81.4 Å². The Morgan fingerprint density at radius 3 is 3.05 bits per heavy atom. The molecule has 2 unspecified atom stereocenters. The second kappa shape index (κ2) is 7.77. The average molecular weight is 331 g/mol. The molecule has 0 aromatic heterocycles. The summed E-state index contributed by atoms with van der Waals surface area (Å²) in [6, 6.07) is 4.88. The summed E-state index contributed by atoms with van der Waals surface area (Å²) in [5, 5.41) is 3.19. The molecular formula is C14H19ClN2O3S. The summed E-state index contributed by atoms with van der Waals surface area (Å²) in [7, 11) is -1.04. The van der Waals surface area contributed by atoms with Crippen LogP contribution in [0.5, 0.6) is 0 Å². The van der Waals surface area contributed by atoms with Crippen LogP contribution in [0.15, 0.2) is 18.2 Å². The summed E-state index contributed by atoms with van der Waals surface area (Å²) in [5.74, 6) is 0.614. The van der Waals surface area contributed by atoms with Gasteiger partial charge in [-0.05, 0) is 31.0 Å². The fourth-order valence-electron chi connectivity index (χ4n) is 2.12. The van der Waals surface area contributed by atoms with Crippen LogP contribution in [-0.2, 0) is 20.3 Å². The van der Waals surface area contributed by atoms with Gasteiger partial charge in [-0.2, -0.15) is 0 Å². The van der Waals surface area contributed by atoms with Crippen LogP contribution in [-0.4, -0.2) is 34.3 Å². The van der Waals surface area contributed by atoms with Crippen LogP contribution in [0, 0.1) is 0 Å². The molecule has 0 saturated carbocycles. The summed E-state index contributed by atoms with van der Waals surface area (Å²) in [6.45, 7) is 0.746. The second-order valence-corrected chi connectivity index (χ2v) is 7.03. The second-order valence-electron chi connectivity index (χ2n) is 4.98. The van der Waals surface area contributed by atoms with E-state index in [9.17, 15) is 9.00 Å². The fraction of sp³-hybridized carbons (Fsp3) is 0.500. The quantitative estimate of drug-likeness (QED) is 0.783. The van der Waals surface area contributed by atoms with E-state index in [1.54, 1.807) is 18.2 Å². The van der Waals surface area contributed by atoms with Gasteiger partial charge in [0.15, 0.2) is 0 Å². The Morgan fingerprint density at radius 2 is 2.33 bits per heavy atom. The number of hydrogen-bond acceptors (Lipinski definition) is 4. The van der Waals surface area contributed by atoms with E-state index in [1.807, 2.05) is 0 Å². The molecule has 1 heterocycles. The van der Waals surface area contributed by atoms with Crippen molar-refractivity contribution in [1.29, 1.82) is 0 Å². The van der Waals surface area contributed by atoms with Crippen LogP contribution in [0.25, 0.3) is 0 Å². The third-order valence-corrected chi connectivity index (χ3v) is 4.88. The molecule has 2 rings (SSSR count). The molecular weight excluding hydrogens is 312 g/mol. The van der Waals surface area contributed by atoms with Gasteiger partial charge in [0.1, 0.15) is 0 Å². The number of hydrogen-bond donors (Lipinski definition) is 2. The molecule has 3 N–H and O–H groups in total. The lowest BCUT2D eigenvalue weighted by molar-refractivity contribution is -0.115. The summed E-state index contributed by atoms with van der Waals surface area (Å²) >= 11 is 5.85. The number of halogens is 1. The average Bonchev–Trinajstić information content (AvgIpc) is 2.93. The molecule has 21 heavy (non-hydrogen) atoms. The predicted molar refractivity (Wildman–Crippen MR) is 86.0 cm³/mol. The van der Waals surface area contributed by atoms with Crippen molar-refractivity contribution in [2.75, 3.05) is 29.2 Å². The largest absolute Gasteiger partial charge is 0.397 e. The van der Waals surface area contributed by atoms with E-state index in [4.69, 9.17) is 22.1 Å². The van der Waals surface area contributed by atoms with Gasteiger partial charge in [-0.1, -0.05) is 11.6 Å². The molecule has 1 aromatic rings. The van der Waals surface area contributed by atoms with Gasteiger partial charge in [0.25, 0.3) is 0 Å². The number of carbonyl (C=O) groups excluding carboxylic acids is 1. The van der Waals surface area contributed by atoms with E-state index < -0.39 is 10.8 Å². The zero-order chi connectivity index (χ0) is 15.2. The van der Waals surface area contributed by atoms with E-state index in [-0.39, 0.29) is 18.4 Å². The maximum atomic E-state index is 11.9. The first-order valence-corrected chi connectivity index (χ1v) is 8.72. The molecule has 0 aliphatic carbocycles. The minimum Gasteiger partial charge on any atom is -0.397 e. The maximum absolute atomic E-state index is 11.9. The Hall–Kier alpha value is -1.11. The van der Waals surface area contributed by atoms with Gasteiger partial charge in [0.05, 0.1) is 17.5 Å². The number of nitrogens with two attached hydrogens (primary N) is 1. The van der Waals surface area contributed by atoms with Crippen LogP contribution >= 0.6 is 11.6 Å². The van der Waals surface area contributed by atoms with Gasteiger partial charge < -0.3 is 15.8 Å². The van der Waals surface area contributed by atoms with E-state index >= 15 is 0 Å². The van der Waals surface area contributed by atoms with Gasteiger partial charge >= 0.3 is 0 Å². The number of nitrogens with one attached hydrogen (secondary N) is 1. The number of rotatable bonds is 6. The number of amides is 1. The number of benzene rings is 1. The molecule has 1 aromatic carbocycles. The van der Waals surface area contributed by atoms with Crippen LogP contribution in [0.2, 0.25) is 5.02 Å². The normalized spacial score (nSPS) is 19.4. The highest BCUT2D eigenvalue weighted by Gasteiger charge is 2.18. The van der Waals surface area contributed by atoms with Crippen molar-refractivity contribution in [3.05, 3.63) is 23.2 Å². The standard InChI is InChI=1S/C14H19ClN2O3S/c15-10-3-4-12(16)13(8-10)17-14(18)5-7-21(19)9-11-2-1-6-20-11/h3-4,8,11H,1-2,5-7,9,16H2,(H,17,18). The lowest BCUT2D eigenvalue weighted by atomic mass is 10.2. The summed E-state index contributed by atoms with van der Waals surface area (Å²) in [5.41, 5.74) is 6.69. The van der Waals surface area contributed by atoms with E-state index in [0.717, 1.165) is 19.4 Å². The first-order chi connectivity index (χ1) is 10.0. The van der Waals surface area contributed by atoms with Gasteiger partial charge in [0, 0.05) is 40.4 Å². The smallest absolute Gasteiger partial charge is 0.225 e. The van der Waals surface area contributed by atoms with Crippen molar-refractivity contribution < 1.29 is 13.7 Å². The molecule has 1 fully saturated rings. The van der Waals surface area contributed by atoms with Crippen molar-refractivity contribution >= 4 is 39.7 Å². The fourth-order valence-corrected chi connectivity index (χ4v) is 3.55. The Kier molecular flexibility index (Phi) is 6.02. The molecule has 7 heteroatoms. The molecule has 5 nitrogen and oxygen atoms in total. The predicted octanol–water partition coefficient (Wildman–Crippen LogP) is 2.18. The first-order valence-electron chi connectivity index (χ1n) is 6.86. The Balaban J connectivity index is 1.76. The van der Waals surface area contributed by atoms with E-state index in [1.165, 1.54) is 0 Å². The monoisotopic (exact) mass is 330 g/mol. The van der Waals surface area contributed by atoms with Crippen LogP contribution in [0.3, 0.4) is 0 Å². The van der Waals surface area contributed by atoms with Crippen molar-refractivity contribution in [3.8, 4) is 0 Å². The number of nitrogen functional groups attached to an aromatic ring is 1. The maximum Gasteiger partial charge on any atom is 0.225 e. The van der Waals surface area contributed by atoms with Crippen LogP contribution in [0.1, 0.15) is 19.3 Å². The van der Waals surface area contributed by atoms with E-state index in [2.05, 4.69) is 5.32 Å². The number of carbonyl (C=O) groups is 1. The van der Waals surface area contributed by atoms with E-state index in [0.29, 0.717) is 27.9 Å². The lowest BCUT2D eigenvalue weighted by Crippen LogP contribution is -2.21. The molecule has 1 amide bonds. The van der Waals surface area contributed by atoms with Gasteiger partial charge in [-0.25, -0.2) is 0 Å². The van der Waals surface area contributed by atoms with Crippen molar-refractivity contribution in [2.45, 2.75) is 25.4 Å². The number of anilines is 2. The zero-order valence-corrected chi connectivity index (χ0v) is 13.2. The van der Waals surface area contributed by atoms with Crippen LogP contribution < -0.4 is 11.1 Å². The Morgan fingerprint density at radius 1 is 1.52 bits per heavy atom. The lowest BCUT2D eigenvalue weighted by Gasteiger charge is -2.10. The molecule has 1 aliphatic heterocycles. The first kappa shape index (κ1) is 16.3. The third kappa shape index (κ3) is 5.30. The Bertz CT molecular complexity index is 533. The minimum absolute atomic E-state index is 0.0810.